The number of nitrogens with zero attached hydrogens (tertiary/aromatic N) is 3. The van der Waals surface area contributed by atoms with Crippen molar-refractivity contribution in [2.24, 2.45) is 0 Å². The van der Waals surface area contributed by atoms with Crippen LogP contribution in [0.4, 0.5) is 0 Å². The van der Waals surface area contributed by atoms with Crippen LogP contribution in [0.5, 0.6) is 0 Å². The minimum Gasteiger partial charge on any atom is -0.300 e. The lowest BCUT2D eigenvalue weighted by molar-refractivity contribution is 0.756. The van der Waals surface area contributed by atoms with E-state index in [9.17, 15) is 0 Å². The molecule has 0 aliphatic heterocycles. The number of H-pyrrole nitrogens is 1. The molecule has 0 bridgehead atoms. The van der Waals surface area contributed by atoms with E-state index in [0.717, 1.165) is 28.8 Å². The van der Waals surface area contributed by atoms with Gasteiger partial charge < -0.3 is 4.57 Å². The van der Waals surface area contributed by atoms with Gasteiger partial charge in [0, 0.05) is 23.7 Å². The lowest BCUT2D eigenvalue weighted by atomic mass is 10.1. The summed E-state index contributed by atoms with van der Waals surface area (Å²) in [7, 11) is 0. The van der Waals surface area contributed by atoms with Crippen LogP contribution in [0.2, 0.25) is 0 Å². The summed E-state index contributed by atoms with van der Waals surface area (Å²) in [5.74, 6) is 0.862. The Morgan fingerprint density at radius 1 is 1.28 bits per heavy atom. The number of benzene rings is 1. The van der Waals surface area contributed by atoms with Gasteiger partial charge >= 0.3 is 0 Å². The molecule has 0 saturated heterocycles. The molecule has 0 radical (unpaired) electrons. The van der Waals surface area contributed by atoms with Crippen molar-refractivity contribution in [2.75, 3.05) is 0 Å². The van der Waals surface area contributed by atoms with E-state index >= 15 is 0 Å². The minimum absolute atomic E-state index is 0.647. The molecular formula is C13H12N4S. The van der Waals surface area contributed by atoms with Gasteiger partial charge in [0.15, 0.2) is 10.6 Å². The van der Waals surface area contributed by atoms with Crippen molar-refractivity contribution < 1.29 is 0 Å². The molecule has 3 aromatic rings. The molecule has 0 amide bonds. The van der Waals surface area contributed by atoms with Crippen molar-refractivity contribution >= 4 is 23.1 Å². The van der Waals surface area contributed by atoms with Crippen molar-refractivity contribution in [2.45, 2.75) is 13.5 Å². The Bertz CT molecular complexity index is 752. The SMILES string of the molecule is CCn1c(-c2cccc3ncccc23)n[nH]c1=S. The molecule has 4 nitrogen and oxygen atoms in total. The highest BCUT2D eigenvalue weighted by Gasteiger charge is 2.10. The molecule has 0 fully saturated rings. The summed E-state index contributed by atoms with van der Waals surface area (Å²) >= 11 is 5.22. The quantitative estimate of drug-likeness (QED) is 0.716. The fraction of sp³-hybridized carbons (Fsp3) is 0.154. The first kappa shape index (κ1) is 11.1. The van der Waals surface area contributed by atoms with Gasteiger partial charge in [-0.2, -0.15) is 5.10 Å². The largest absolute Gasteiger partial charge is 0.300 e. The Labute approximate surface area is 109 Å². The lowest BCUT2D eigenvalue weighted by Crippen LogP contribution is -1.98. The molecule has 5 heteroatoms. The Morgan fingerprint density at radius 3 is 3.00 bits per heavy atom. The average Bonchev–Trinajstić information content (AvgIpc) is 2.79. The highest BCUT2D eigenvalue weighted by molar-refractivity contribution is 7.71. The smallest absolute Gasteiger partial charge is 0.195 e. The van der Waals surface area contributed by atoms with Crippen LogP contribution < -0.4 is 0 Å². The Hall–Kier alpha value is -2.01. The number of aromatic amines is 1. The second kappa shape index (κ2) is 4.34. The summed E-state index contributed by atoms with van der Waals surface area (Å²) in [6.07, 6.45) is 1.79. The third-order valence-electron chi connectivity index (χ3n) is 2.96. The minimum atomic E-state index is 0.647. The van der Waals surface area contributed by atoms with Crippen LogP contribution in [-0.4, -0.2) is 19.7 Å². The van der Waals surface area contributed by atoms with E-state index in [1.807, 2.05) is 28.8 Å². The third-order valence-corrected chi connectivity index (χ3v) is 3.27. The van der Waals surface area contributed by atoms with E-state index in [0.29, 0.717) is 4.77 Å². The molecule has 0 atom stereocenters. The van der Waals surface area contributed by atoms with Crippen molar-refractivity contribution in [3.63, 3.8) is 0 Å². The molecule has 90 valence electrons. The van der Waals surface area contributed by atoms with Crippen LogP contribution in [0, 0.1) is 4.77 Å². The third kappa shape index (κ3) is 1.64. The van der Waals surface area contributed by atoms with Gasteiger partial charge in [-0.05, 0) is 31.3 Å². The number of pyridine rings is 1. The molecule has 18 heavy (non-hydrogen) atoms. The van der Waals surface area contributed by atoms with E-state index in [2.05, 4.69) is 28.2 Å². The zero-order valence-corrected chi connectivity index (χ0v) is 10.7. The molecule has 3 rings (SSSR count). The number of nitrogens with one attached hydrogen (secondary N) is 1. The summed E-state index contributed by atoms with van der Waals surface area (Å²) in [5.41, 5.74) is 2.02. The van der Waals surface area contributed by atoms with Crippen LogP contribution in [-0.2, 0) is 6.54 Å². The fourth-order valence-corrected chi connectivity index (χ4v) is 2.38. The number of fused-ring (bicyclic) bond motifs is 1. The van der Waals surface area contributed by atoms with Gasteiger partial charge in [0.25, 0.3) is 0 Å². The maximum atomic E-state index is 5.22. The van der Waals surface area contributed by atoms with Gasteiger partial charge in [0.2, 0.25) is 0 Å². The molecule has 2 heterocycles. The van der Waals surface area contributed by atoms with Gasteiger partial charge in [-0.25, -0.2) is 0 Å². The summed E-state index contributed by atoms with van der Waals surface area (Å²) in [6.45, 7) is 2.85. The molecule has 1 N–H and O–H groups in total. The van der Waals surface area contributed by atoms with E-state index in [1.54, 1.807) is 6.20 Å². The first-order valence-corrected chi connectivity index (χ1v) is 6.21. The van der Waals surface area contributed by atoms with E-state index < -0.39 is 0 Å². The van der Waals surface area contributed by atoms with Crippen molar-refractivity contribution in [1.82, 2.24) is 19.7 Å². The second-order valence-electron chi connectivity index (χ2n) is 3.97. The van der Waals surface area contributed by atoms with Gasteiger partial charge in [0.05, 0.1) is 5.52 Å². The van der Waals surface area contributed by atoms with Gasteiger partial charge in [-0.1, -0.05) is 18.2 Å². The predicted octanol–water partition coefficient (Wildman–Crippen LogP) is 3.18. The van der Waals surface area contributed by atoms with Gasteiger partial charge in [0.1, 0.15) is 0 Å². The summed E-state index contributed by atoms with van der Waals surface area (Å²) in [6, 6.07) is 10.0. The summed E-state index contributed by atoms with van der Waals surface area (Å²) in [5, 5.41) is 8.26. The molecule has 0 spiro atoms. The molecule has 0 aliphatic rings. The molecule has 2 aromatic heterocycles. The van der Waals surface area contributed by atoms with Crippen molar-refractivity contribution in [3.05, 3.63) is 41.3 Å². The maximum Gasteiger partial charge on any atom is 0.195 e. The first-order valence-electron chi connectivity index (χ1n) is 5.80. The fourth-order valence-electron chi connectivity index (χ4n) is 2.11. The number of aromatic nitrogens is 4. The molecule has 0 unspecified atom stereocenters. The molecule has 0 aliphatic carbocycles. The topological polar surface area (TPSA) is 46.5 Å². The zero-order chi connectivity index (χ0) is 12.5. The predicted molar refractivity (Wildman–Crippen MR) is 73.8 cm³/mol. The van der Waals surface area contributed by atoms with Crippen molar-refractivity contribution in [1.29, 1.82) is 0 Å². The van der Waals surface area contributed by atoms with E-state index in [-0.39, 0.29) is 0 Å². The van der Waals surface area contributed by atoms with Crippen LogP contribution in [0.1, 0.15) is 6.92 Å². The van der Waals surface area contributed by atoms with Crippen LogP contribution in [0.15, 0.2) is 36.5 Å². The first-order chi connectivity index (χ1) is 8.81. The van der Waals surface area contributed by atoms with E-state index in [4.69, 9.17) is 12.2 Å². The van der Waals surface area contributed by atoms with Crippen molar-refractivity contribution in [3.8, 4) is 11.4 Å². The van der Waals surface area contributed by atoms with Crippen LogP contribution >= 0.6 is 12.2 Å². The average molecular weight is 256 g/mol. The van der Waals surface area contributed by atoms with Crippen LogP contribution in [0.3, 0.4) is 0 Å². The normalized spacial score (nSPS) is 10.9. The molecule has 1 aromatic carbocycles. The Balaban J connectivity index is 2.35. The number of hydrogen-bond donors (Lipinski definition) is 1. The van der Waals surface area contributed by atoms with Gasteiger partial charge in [-0.3, -0.25) is 10.1 Å². The number of hydrogen-bond acceptors (Lipinski definition) is 3. The zero-order valence-electron chi connectivity index (χ0n) is 9.92. The standard InChI is InChI=1S/C13H12N4S/c1-2-17-12(15-16-13(17)18)10-5-3-7-11-9(10)6-4-8-14-11/h3-8H,2H2,1H3,(H,16,18). The Kier molecular flexibility index (Phi) is 2.68. The maximum absolute atomic E-state index is 5.22. The van der Waals surface area contributed by atoms with Gasteiger partial charge in [-0.15, -0.1) is 0 Å². The highest BCUT2D eigenvalue weighted by atomic mass is 32.1. The monoisotopic (exact) mass is 256 g/mol. The molecule has 0 saturated carbocycles. The van der Waals surface area contributed by atoms with E-state index in [1.165, 1.54) is 0 Å². The summed E-state index contributed by atoms with van der Waals surface area (Å²) in [4.78, 5) is 4.36. The van der Waals surface area contributed by atoms with Crippen LogP contribution in [0.25, 0.3) is 22.3 Å². The molecular weight excluding hydrogens is 244 g/mol. The second-order valence-corrected chi connectivity index (χ2v) is 4.36. The number of rotatable bonds is 2. The Morgan fingerprint density at radius 2 is 2.17 bits per heavy atom. The summed E-state index contributed by atoms with van der Waals surface area (Å²) < 4.78 is 2.63. The highest BCUT2D eigenvalue weighted by Crippen LogP contribution is 2.25. The lowest BCUT2D eigenvalue weighted by Gasteiger charge is -2.06.